The Morgan fingerprint density at radius 2 is 1.86 bits per heavy atom. The molecule has 0 radical (unpaired) electrons. The Balaban J connectivity index is 1.18. The van der Waals surface area contributed by atoms with Crippen LogP contribution in [-0.4, -0.2) is 27.9 Å². The average molecular weight is 508 g/mol. The Morgan fingerprint density at radius 1 is 1.05 bits per heavy atom. The number of rotatable bonds is 8. The standard InChI is InChI=1S/C27H24F3N5O2/c1-16-2-5-21(20(10-16)27(28,29)30)35-19-4-3-18(32-15-19)14-34-25(37)26(7-8-26)12-24(36)17-11-23-22(33-13-17)6-9-31-23/h2-5,9-11,13,15,35H,6-8,12,14H2,1H3,(H,34,37). The summed E-state index contributed by atoms with van der Waals surface area (Å²) in [6.07, 6.45) is 2.21. The summed E-state index contributed by atoms with van der Waals surface area (Å²) >= 11 is 0. The lowest BCUT2D eigenvalue weighted by molar-refractivity contribution is -0.137. The minimum atomic E-state index is -4.49. The molecule has 190 valence electrons. The number of halogens is 3. The predicted molar refractivity (Wildman–Crippen MR) is 132 cm³/mol. The van der Waals surface area contributed by atoms with Gasteiger partial charge in [0, 0.05) is 30.8 Å². The topological polar surface area (TPSA) is 96.3 Å². The molecule has 1 aromatic carbocycles. The summed E-state index contributed by atoms with van der Waals surface area (Å²) in [6, 6.07) is 9.03. The van der Waals surface area contributed by atoms with Crippen molar-refractivity contribution in [3.8, 4) is 0 Å². The molecule has 0 bridgehead atoms. The number of anilines is 2. The molecule has 1 aliphatic heterocycles. The van der Waals surface area contributed by atoms with Gasteiger partial charge in [-0.25, -0.2) is 0 Å². The molecule has 10 heteroatoms. The van der Waals surface area contributed by atoms with Crippen LogP contribution in [0.3, 0.4) is 0 Å². The first kappa shape index (κ1) is 24.6. The van der Waals surface area contributed by atoms with Crippen LogP contribution in [-0.2, 0) is 23.9 Å². The van der Waals surface area contributed by atoms with E-state index in [-0.39, 0.29) is 30.3 Å². The number of carbonyl (C=O) groups excluding carboxylic acids is 2. The Kier molecular flexibility index (Phi) is 6.26. The number of carbonyl (C=O) groups is 2. The summed E-state index contributed by atoms with van der Waals surface area (Å²) < 4.78 is 40.1. The number of amides is 1. The number of alkyl halides is 3. The number of fused-ring (bicyclic) bond motifs is 1. The maximum Gasteiger partial charge on any atom is 0.418 e. The second kappa shape index (κ2) is 9.42. The predicted octanol–water partition coefficient (Wildman–Crippen LogP) is 5.48. The number of aromatic nitrogens is 2. The number of Topliss-reactive ketones (excluding diaryl/α,β-unsaturated/α-hetero) is 1. The van der Waals surface area contributed by atoms with Gasteiger partial charge in [-0.1, -0.05) is 11.6 Å². The van der Waals surface area contributed by atoms with E-state index in [2.05, 4.69) is 25.6 Å². The van der Waals surface area contributed by atoms with E-state index in [9.17, 15) is 22.8 Å². The zero-order valence-corrected chi connectivity index (χ0v) is 20.0. The van der Waals surface area contributed by atoms with Gasteiger partial charge in [0.05, 0.1) is 52.2 Å². The van der Waals surface area contributed by atoms with Crippen molar-refractivity contribution in [2.24, 2.45) is 10.4 Å². The highest BCUT2D eigenvalue weighted by atomic mass is 19.4. The van der Waals surface area contributed by atoms with E-state index in [4.69, 9.17) is 0 Å². The summed E-state index contributed by atoms with van der Waals surface area (Å²) in [6.45, 7) is 1.74. The van der Waals surface area contributed by atoms with Gasteiger partial charge in [-0.05, 0) is 50.1 Å². The number of pyridine rings is 2. The SMILES string of the molecule is Cc1ccc(Nc2ccc(CNC(=O)C3(CC(=O)c4cnc5c(c4)N=CC5)CC3)nc2)c(C(F)(F)F)c1. The number of hydrogen-bond acceptors (Lipinski definition) is 6. The molecule has 0 spiro atoms. The first-order chi connectivity index (χ1) is 17.6. The first-order valence-electron chi connectivity index (χ1n) is 11.9. The minimum Gasteiger partial charge on any atom is -0.354 e. The highest BCUT2D eigenvalue weighted by Crippen LogP contribution is 2.50. The van der Waals surface area contributed by atoms with Crippen LogP contribution < -0.4 is 10.6 Å². The number of ketones is 1. The maximum atomic E-state index is 13.4. The van der Waals surface area contributed by atoms with Crippen molar-refractivity contribution in [2.45, 2.75) is 45.3 Å². The number of hydrogen-bond donors (Lipinski definition) is 2. The lowest BCUT2D eigenvalue weighted by atomic mass is 9.95. The maximum absolute atomic E-state index is 13.4. The van der Waals surface area contributed by atoms with Crippen molar-refractivity contribution in [2.75, 3.05) is 5.32 Å². The molecule has 3 aromatic rings. The fourth-order valence-electron chi connectivity index (χ4n) is 4.30. The van der Waals surface area contributed by atoms with Crippen LogP contribution in [0.4, 0.5) is 30.2 Å². The van der Waals surface area contributed by atoms with Gasteiger partial charge in [0.1, 0.15) is 0 Å². The molecule has 37 heavy (non-hydrogen) atoms. The van der Waals surface area contributed by atoms with Gasteiger partial charge < -0.3 is 10.6 Å². The van der Waals surface area contributed by atoms with E-state index in [1.165, 1.54) is 18.5 Å². The van der Waals surface area contributed by atoms with E-state index in [0.717, 1.165) is 11.8 Å². The summed E-state index contributed by atoms with van der Waals surface area (Å²) in [5, 5.41) is 5.61. The third-order valence-electron chi connectivity index (χ3n) is 6.63. The van der Waals surface area contributed by atoms with Crippen molar-refractivity contribution in [1.82, 2.24) is 15.3 Å². The smallest absolute Gasteiger partial charge is 0.354 e. The molecular weight excluding hydrogens is 483 g/mol. The van der Waals surface area contributed by atoms with Crippen LogP contribution in [0, 0.1) is 12.3 Å². The van der Waals surface area contributed by atoms with E-state index >= 15 is 0 Å². The summed E-state index contributed by atoms with van der Waals surface area (Å²) in [5.41, 5.74) is 1.87. The van der Waals surface area contributed by atoms with Crippen LogP contribution in [0.5, 0.6) is 0 Å². The minimum absolute atomic E-state index is 0.0633. The highest BCUT2D eigenvalue weighted by molar-refractivity contribution is 6.01. The monoisotopic (exact) mass is 507 g/mol. The van der Waals surface area contributed by atoms with Crippen LogP contribution in [0.25, 0.3) is 0 Å². The van der Waals surface area contributed by atoms with Crippen molar-refractivity contribution in [3.63, 3.8) is 0 Å². The highest BCUT2D eigenvalue weighted by Gasteiger charge is 2.51. The fourth-order valence-corrected chi connectivity index (χ4v) is 4.30. The zero-order valence-electron chi connectivity index (χ0n) is 20.0. The molecule has 2 aromatic heterocycles. The second-order valence-electron chi connectivity index (χ2n) is 9.48. The molecule has 1 fully saturated rings. The van der Waals surface area contributed by atoms with Gasteiger partial charge in [0.25, 0.3) is 0 Å². The van der Waals surface area contributed by atoms with Crippen molar-refractivity contribution >= 4 is 35.0 Å². The number of aliphatic imine (C=N–C) groups is 1. The summed E-state index contributed by atoms with van der Waals surface area (Å²) in [5.74, 6) is -0.362. The number of benzene rings is 1. The quantitative estimate of drug-likeness (QED) is 0.394. The van der Waals surface area contributed by atoms with Gasteiger partial charge in [-0.3, -0.25) is 24.5 Å². The van der Waals surface area contributed by atoms with Crippen molar-refractivity contribution < 1.29 is 22.8 Å². The van der Waals surface area contributed by atoms with E-state index < -0.39 is 17.2 Å². The molecule has 7 nitrogen and oxygen atoms in total. The van der Waals surface area contributed by atoms with Gasteiger partial charge in [-0.2, -0.15) is 13.2 Å². The fraction of sp³-hybridized carbons (Fsp3) is 0.296. The molecule has 0 unspecified atom stereocenters. The van der Waals surface area contributed by atoms with Crippen molar-refractivity contribution in [3.05, 3.63) is 76.9 Å². The molecule has 3 heterocycles. The zero-order chi connectivity index (χ0) is 26.2. The van der Waals surface area contributed by atoms with Gasteiger partial charge in [-0.15, -0.1) is 0 Å². The lowest BCUT2D eigenvalue weighted by Gasteiger charge is -2.16. The van der Waals surface area contributed by atoms with Crippen molar-refractivity contribution in [1.29, 1.82) is 0 Å². The third kappa shape index (κ3) is 5.37. The summed E-state index contributed by atoms with van der Waals surface area (Å²) in [4.78, 5) is 38.4. The molecule has 5 rings (SSSR count). The van der Waals surface area contributed by atoms with E-state index in [1.807, 2.05) is 0 Å². The number of aryl methyl sites for hydroxylation is 1. The molecule has 1 amide bonds. The molecular formula is C27H24F3N5O2. The van der Waals surface area contributed by atoms with Gasteiger partial charge in [0.2, 0.25) is 5.91 Å². The Labute approximate surface area is 211 Å². The number of nitrogens with one attached hydrogen (secondary N) is 2. The largest absolute Gasteiger partial charge is 0.418 e. The third-order valence-corrected chi connectivity index (χ3v) is 6.63. The average Bonchev–Trinajstić information content (AvgIpc) is 3.49. The Hall–Kier alpha value is -4.08. The molecule has 2 N–H and O–H groups in total. The Morgan fingerprint density at radius 3 is 2.57 bits per heavy atom. The van der Waals surface area contributed by atoms with E-state index in [0.29, 0.717) is 47.5 Å². The first-order valence-corrected chi connectivity index (χ1v) is 11.9. The Bertz CT molecular complexity index is 1400. The molecule has 0 saturated heterocycles. The van der Waals surface area contributed by atoms with Gasteiger partial charge in [0.15, 0.2) is 5.78 Å². The van der Waals surface area contributed by atoms with Crippen LogP contribution in [0.2, 0.25) is 0 Å². The van der Waals surface area contributed by atoms with Crippen LogP contribution >= 0.6 is 0 Å². The molecule has 0 atom stereocenters. The molecule has 2 aliphatic rings. The normalized spacial score (nSPS) is 15.2. The second-order valence-corrected chi connectivity index (χ2v) is 9.48. The van der Waals surface area contributed by atoms with Gasteiger partial charge >= 0.3 is 6.18 Å². The summed E-state index contributed by atoms with van der Waals surface area (Å²) in [7, 11) is 0. The van der Waals surface area contributed by atoms with Crippen LogP contribution in [0.15, 0.2) is 53.8 Å². The molecule has 1 aliphatic carbocycles. The van der Waals surface area contributed by atoms with E-state index in [1.54, 1.807) is 37.4 Å². The van der Waals surface area contributed by atoms with Crippen LogP contribution in [0.1, 0.15) is 52.1 Å². The lowest BCUT2D eigenvalue weighted by Crippen LogP contribution is -2.33. The number of nitrogens with zero attached hydrogens (tertiary/aromatic N) is 3. The molecule has 1 saturated carbocycles.